The van der Waals surface area contributed by atoms with E-state index in [2.05, 4.69) is 120 Å². The molecular weight excluding hydrogens is 576 g/mol. The molecule has 0 fully saturated rings. The SMILES string of the molecule is c1ccc(C2=NC(c3cccc(-c4ccccc4)c3)NC(c3ccc4ccc5ccc6nc(-c7ccccc7)oc6c5c4c3)N2)cc1. The van der Waals surface area contributed by atoms with Crippen molar-refractivity contribution in [2.24, 2.45) is 4.99 Å². The highest BCUT2D eigenvalue weighted by Gasteiger charge is 2.26. The number of amidine groups is 1. The Morgan fingerprint density at radius 3 is 1.98 bits per heavy atom. The summed E-state index contributed by atoms with van der Waals surface area (Å²) in [7, 11) is 0. The summed E-state index contributed by atoms with van der Waals surface area (Å²) in [6, 6.07) is 54.7. The number of nitrogens with zero attached hydrogens (tertiary/aromatic N) is 2. The summed E-state index contributed by atoms with van der Waals surface area (Å²) in [6.45, 7) is 0. The van der Waals surface area contributed by atoms with Crippen molar-refractivity contribution >= 4 is 38.5 Å². The Hall–Kier alpha value is -6.04. The van der Waals surface area contributed by atoms with Crippen LogP contribution in [-0.2, 0) is 0 Å². The molecule has 9 rings (SSSR count). The van der Waals surface area contributed by atoms with Crippen molar-refractivity contribution in [3.8, 4) is 22.6 Å². The zero-order valence-corrected chi connectivity index (χ0v) is 25.5. The van der Waals surface area contributed by atoms with Crippen molar-refractivity contribution in [3.63, 3.8) is 0 Å². The molecule has 5 nitrogen and oxygen atoms in total. The molecular formula is C42H30N4O. The number of fused-ring (bicyclic) bond motifs is 5. The number of oxazole rings is 1. The number of hydrogen-bond acceptors (Lipinski definition) is 5. The number of aromatic nitrogens is 1. The monoisotopic (exact) mass is 606 g/mol. The molecule has 2 unspecified atom stereocenters. The fraction of sp³-hybridized carbons (Fsp3) is 0.0476. The summed E-state index contributed by atoms with van der Waals surface area (Å²) in [6.07, 6.45) is -0.445. The summed E-state index contributed by atoms with van der Waals surface area (Å²) in [5, 5.41) is 12.0. The first-order chi connectivity index (χ1) is 23.3. The Kier molecular flexibility index (Phi) is 6.61. The van der Waals surface area contributed by atoms with Gasteiger partial charge in [0.05, 0.1) is 0 Å². The molecule has 224 valence electrons. The predicted octanol–water partition coefficient (Wildman–Crippen LogP) is 9.81. The molecule has 2 heterocycles. The molecule has 8 aromatic rings. The molecule has 0 bridgehead atoms. The Morgan fingerprint density at radius 1 is 0.532 bits per heavy atom. The second-order valence-corrected chi connectivity index (χ2v) is 11.9. The lowest BCUT2D eigenvalue weighted by Gasteiger charge is -2.32. The average molecular weight is 607 g/mol. The Morgan fingerprint density at radius 2 is 1.19 bits per heavy atom. The van der Waals surface area contributed by atoms with Crippen LogP contribution in [-0.4, -0.2) is 10.8 Å². The second-order valence-electron chi connectivity index (χ2n) is 11.9. The lowest BCUT2D eigenvalue weighted by Crippen LogP contribution is -2.44. The molecule has 1 aromatic heterocycles. The lowest BCUT2D eigenvalue weighted by atomic mass is 9.97. The highest BCUT2D eigenvalue weighted by atomic mass is 16.3. The molecule has 0 spiro atoms. The number of benzene rings is 7. The van der Waals surface area contributed by atoms with Crippen molar-refractivity contribution in [3.05, 3.63) is 174 Å². The van der Waals surface area contributed by atoms with Crippen LogP contribution >= 0.6 is 0 Å². The van der Waals surface area contributed by atoms with Gasteiger partial charge in [0.25, 0.3) is 0 Å². The van der Waals surface area contributed by atoms with Crippen molar-refractivity contribution in [2.45, 2.75) is 12.3 Å². The maximum Gasteiger partial charge on any atom is 0.227 e. The molecule has 0 amide bonds. The lowest BCUT2D eigenvalue weighted by molar-refractivity contribution is 0.409. The molecule has 0 saturated heterocycles. The van der Waals surface area contributed by atoms with E-state index in [0.29, 0.717) is 5.89 Å². The molecule has 0 saturated carbocycles. The fourth-order valence-corrected chi connectivity index (χ4v) is 6.59. The minimum Gasteiger partial charge on any atom is -0.435 e. The van der Waals surface area contributed by atoms with Crippen LogP contribution in [0.2, 0.25) is 0 Å². The van der Waals surface area contributed by atoms with Crippen LogP contribution in [0.3, 0.4) is 0 Å². The zero-order chi connectivity index (χ0) is 31.2. The average Bonchev–Trinajstić information content (AvgIpc) is 3.60. The van der Waals surface area contributed by atoms with Crippen LogP contribution in [0.15, 0.2) is 167 Å². The van der Waals surface area contributed by atoms with Crippen LogP contribution in [0, 0.1) is 0 Å². The van der Waals surface area contributed by atoms with Crippen LogP contribution in [0.4, 0.5) is 0 Å². The third-order valence-corrected chi connectivity index (χ3v) is 8.95. The van der Waals surface area contributed by atoms with E-state index in [1.54, 1.807) is 0 Å². The van der Waals surface area contributed by atoms with Gasteiger partial charge in [0.15, 0.2) is 5.58 Å². The van der Waals surface area contributed by atoms with Gasteiger partial charge in [-0.1, -0.05) is 127 Å². The summed E-state index contributed by atoms with van der Waals surface area (Å²) >= 11 is 0. The quantitative estimate of drug-likeness (QED) is 0.192. The molecule has 7 aromatic carbocycles. The van der Waals surface area contributed by atoms with E-state index in [1.807, 2.05) is 48.5 Å². The molecule has 2 atom stereocenters. The zero-order valence-electron chi connectivity index (χ0n) is 25.5. The highest BCUT2D eigenvalue weighted by Crippen LogP contribution is 2.36. The molecule has 1 aliphatic heterocycles. The van der Waals surface area contributed by atoms with E-state index in [-0.39, 0.29) is 12.3 Å². The van der Waals surface area contributed by atoms with E-state index in [9.17, 15) is 0 Å². The third kappa shape index (κ3) is 5.03. The third-order valence-electron chi connectivity index (χ3n) is 8.95. The molecule has 5 heteroatoms. The smallest absolute Gasteiger partial charge is 0.227 e. The standard InChI is InChI=1S/C42H30N4O/c1-4-11-27(12-5-1)32-17-10-18-33(25-32)40-44-39(30-13-6-2-7-14-30)45-41(46-40)34-22-20-28-19-21-29-23-24-36-38(37(29)35(28)26-34)47-42(43-36)31-15-8-3-9-16-31/h1-26,40-41,46H,(H,44,45). The van der Waals surface area contributed by atoms with E-state index in [1.165, 1.54) is 11.1 Å². The van der Waals surface area contributed by atoms with Crippen molar-refractivity contribution in [1.82, 2.24) is 15.6 Å². The minimum atomic E-state index is -0.252. The number of rotatable bonds is 5. The highest BCUT2D eigenvalue weighted by molar-refractivity contribution is 6.18. The first-order valence-electron chi connectivity index (χ1n) is 15.9. The number of aliphatic imine (C=N–C) groups is 1. The Balaban J connectivity index is 1.16. The number of hydrogen-bond donors (Lipinski definition) is 2. The van der Waals surface area contributed by atoms with Crippen molar-refractivity contribution in [2.75, 3.05) is 0 Å². The second kappa shape index (κ2) is 11.4. The van der Waals surface area contributed by atoms with Gasteiger partial charge in [-0.3, -0.25) is 5.32 Å². The first-order valence-corrected chi connectivity index (χ1v) is 15.9. The molecule has 2 N–H and O–H groups in total. The topological polar surface area (TPSA) is 62.5 Å². The van der Waals surface area contributed by atoms with E-state index in [4.69, 9.17) is 14.4 Å². The molecule has 0 aliphatic carbocycles. The Labute approximate surface area is 272 Å². The van der Waals surface area contributed by atoms with Crippen LogP contribution in [0.5, 0.6) is 0 Å². The maximum absolute atomic E-state index is 6.50. The van der Waals surface area contributed by atoms with E-state index in [0.717, 1.165) is 60.7 Å². The largest absolute Gasteiger partial charge is 0.435 e. The molecule has 1 aliphatic rings. The number of nitrogens with one attached hydrogen (secondary N) is 2. The van der Waals surface area contributed by atoms with Gasteiger partial charge < -0.3 is 9.73 Å². The minimum absolute atomic E-state index is 0.193. The van der Waals surface area contributed by atoms with Gasteiger partial charge in [-0.25, -0.2) is 9.98 Å². The van der Waals surface area contributed by atoms with Gasteiger partial charge in [0.1, 0.15) is 23.7 Å². The first kappa shape index (κ1) is 27.3. The van der Waals surface area contributed by atoms with Crippen molar-refractivity contribution in [1.29, 1.82) is 0 Å². The molecule has 47 heavy (non-hydrogen) atoms. The molecule has 0 radical (unpaired) electrons. The van der Waals surface area contributed by atoms with E-state index < -0.39 is 0 Å². The Bertz CT molecular complexity index is 2420. The summed E-state index contributed by atoms with van der Waals surface area (Å²) in [5.74, 6) is 1.48. The van der Waals surface area contributed by atoms with E-state index >= 15 is 0 Å². The van der Waals surface area contributed by atoms with Gasteiger partial charge in [-0.05, 0) is 68.7 Å². The van der Waals surface area contributed by atoms with Gasteiger partial charge >= 0.3 is 0 Å². The predicted molar refractivity (Wildman–Crippen MR) is 191 cm³/mol. The fourth-order valence-electron chi connectivity index (χ4n) is 6.59. The summed E-state index contributed by atoms with van der Waals surface area (Å²) < 4.78 is 6.50. The van der Waals surface area contributed by atoms with Crippen molar-refractivity contribution < 1.29 is 4.42 Å². The van der Waals surface area contributed by atoms with Crippen LogP contribution in [0.25, 0.3) is 55.2 Å². The van der Waals surface area contributed by atoms with Gasteiger partial charge in [0.2, 0.25) is 5.89 Å². The van der Waals surface area contributed by atoms with Gasteiger partial charge in [-0.2, -0.15) is 0 Å². The van der Waals surface area contributed by atoms with Gasteiger partial charge in [-0.15, -0.1) is 0 Å². The normalized spacial score (nSPS) is 16.3. The van der Waals surface area contributed by atoms with Crippen LogP contribution in [0.1, 0.15) is 29.0 Å². The van der Waals surface area contributed by atoms with Crippen LogP contribution < -0.4 is 10.6 Å². The summed E-state index contributed by atoms with van der Waals surface area (Å²) in [5.41, 5.74) is 8.22. The summed E-state index contributed by atoms with van der Waals surface area (Å²) in [4.78, 5) is 10.0. The maximum atomic E-state index is 6.50. The van der Waals surface area contributed by atoms with Gasteiger partial charge in [0, 0.05) is 16.5 Å².